The van der Waals surface area contributed by atoms with Crippen LogP contribution in [0.4, 0.5) is 0 Å². The number of amides is 1. The van der Waals surface area contributed by atoms with Gasteiger partial charge in [-0.25, -0.2) is 4.98 Å². The van der Waals surface area contributed by atoms with Crippen LogP contribution in [0.1, 0.15) is 45.3 Å². The summed E-state index contributed by atoms with van der Waals surface area (Å²) in [5.74, 6) is -0.351. The Morgan fingerprint density at radius 1 is 1.28 bits per heavy atom. The Morgan fingerprint density at radius 2 is 1.97 bits per heavy atom. The summed E-state index contributed by atoms with van der Waals surface area (Å²) in [5, 5.41) is 18.5. The molecule has 1 unspecified atom stereocenters. The largest absolute Gasteiger partial charge is 0.493 e. The minimum Gasteiger partial charge on any atom is -0.493 e. The number of aromatic nitrogens is 1. The van der Waals surface area contributed by atoms with Crippen LogP contribution in [-0.4, -0.2) is 47.6 Å². The second-order valence-corrected chi connectivity index (χ2v) is 6.71. The van der Waals surface area contributed by atoms with Gasteiger partial charge in [0.15, 0.2) is 11.5 Å². The lowest BCUT2D eigenvalue weighted by atomic mass is 9.89. The molecule has 8 nitrogen and oxygen atoms in total. The number of aliphatic carboxylic acids is 1. The first kappa shape index (κ1) is 20.1. The number of nitrogens with zero attached hydrogens (tertiary/aromatic N) is 3. The molecule has 0 saturated heterocycles. The van der Waals surface area contributed by atoms with Crippen molar-refractivity contribution in [3.8, 4) is 17.6 Å². The molecule has 2 aromatic rings. The van der Waals surface area contributed by atoms with Crippen LogP contribution in [0.2, 0.25) is 0 Å². The molecule has 1 aromatic carbocycles. The summed E-state index contributed by atoms with van der Waals surface area (Å²) in [4.78, 5) is 30.5. The van der Waals surface area contributed by atoms with Gasteiger partial charge in [0.25, 0.3) is 5.91 Å². The Hall–Kier alpha value is -3.60. The second-order valence-electron chi connectivity index (χ2n) is 6.71. The number of aryl methyl sites for hydroxylation is 1. The molecule has 1 N–H and O–H groups in total. The second kappa shape index (κ2) is 8.19. The van der Waals surface area contributed by atoms with Gasteiger partial charge < -0.3 is 19.5 Å². The van der Waals surface area contributed by atoms with E-state index in [0.29, 0.717) is 35.7 Å². The molecule has 0 aliphatic carbocycles. The minimum atomic E-state index is -1.01. The van der Waals surface area contributed by atoms with Crippen molar-refractivity contribution in [1.82, 2.24) is 9.88 Å². The highest BCUT2D eigenvalue weighted by Gasteiger charge is 2.34. The van der Waals surface area contributed by atoms with E-state index in [4.69, 9.17) is 14.7 Å². The van der Waals surface area contributed by atoms with Crippen molar-refractivity contribution in [3.63, 3.8) is 0 Å². The topological polar surface area (TPSA) is 113 Å². The van der Waals surface area contributed by atoms with E-state index >= 15 is 0 Å². The van der Waals surface area contributed by atoms with Crippen molar-refractivity contribution in [2.75, 3.05) is 20.8 Å². The highest BCUT2D eigenvalue weighted by molar-refractivity contribution is 5.93. The van der Waals surface area contributed by atoms with Crippen molar-refractivity contribution in [2.45, 2.75) is 25.8 Å². The predicted molar refractivity (Wildman–Crippen MR) is 103 cm³/mol. The van der Waals surface area contributed by atoms with Gasteiger partial charge in [0, 0.05) is 6.54 Å². The zero-order valence-electron chi connectivity index (χ0n) is 16.4. The maximum atomic E-state index is 13.2. The Bertz CT molecular complexity index is 1010. The van der Waals surface area contributed by atoms with E-state index in [1.165, 1.54) is 25.2 Å². The molecule has 0 radical (unpaired) electrons. The smallest absolute Gasteiger partial charge is 0.305 e. The third-order valence-electron chi connectivity index (χ3n) is 5.06. The Balaban J connectivity index is 2.03. The van der Waals surface area contributed by atoms with Crippen LogP contribution in [-0.2, 0) is 11.2 Å². The first-order chi connectivity index (χ1) is 13.9. The third-order valence-corrected chi connectivity index (χ3v) is 5.06. The average molecular weight is 395 g/mol. The number of pyridine rings is 1. The lowest BCUT2D eigenvalue weighted by Gasteiger charge is -2.37. The normalized spacial score (nSPS) is 15.2. The summed E-state index contributed by atoms with van der Waals surface area (Å²) in [7, 11) is 3.04. The van der Waals surface area contributed by atoms with Crippen molar-refractivity contribution in [3.05, 3.63) is 52.3 Å². The van der Waals surface area contributed by atoms with Gasteiger partial charge in [-0.15, -0.1) is 0 Å². The number of ether oxygens (including phenoxy) is 2. The van der Waals surface area contributed by atoms with Crippen LogP contribution in [0.3, 0.4) is 0 Å². The van der Waals surface area contributed by atoms with Crippen molar-refractivity contribution in [1.29, 1.82) is 5.26 Å². The van der Waals surface area contributed by atoms with Gasteiger partial charge in [-0.3, -0.25) is 9.59 Å². The van der Waals surface area contributed by atoms with Gasteiger partial charge >= 0.3 is 5.97 Å². The maximum absolute atomic E-state index is 13.2. The summed E-state index contributed by atoms with van der Waals surface area (Å²) >= 11 is 0. The molecule has 8 heteroatoms. The fraction of sp³-hybridized carbons (Fsp3) is 0.333. The number of rotatable bonds is 5. The van der Waals surface area contributed by atoms with Crippen LogP contribution in [0.5, 0.6) is 11.5 Å². The summed E-state index contributed by atoms with van der Waals surface area (Å²) < 4.78 is 10.7. The number of fused-ring (bicyclic) bond motifs is 1. The molecule has 0 fully saturated rings. The number of carbonyl (C=O) groups is 2. The third kappa shape index (κ3) is 3.85. The molecule has 0 spiro atoms. The summed E-state index contributed by atoms with van der Waals surface area (Å²) in [6.45, 7) is 2.01. The zero-order chi connectivity index (χ0) is 21.1. The molecule has 1 aliphatic heterocycles. The number of methoxy groups -OCH3 is 2. The van der Waals surface area contributed by atoms with E-state index in [1.807, 2.05) is 12.1 Å². The molecular weight excluding hydrogens is 374 g/mol. The van der Waals surface area contributed by atoms with E-state index in [2.05, 4.69) is 4.98 Å². The molecule has 2 heterocycles. The Kier molecular flexibility index (Phi) is 5.69. The van der Waals surface area contributed by atoms with E-state index in [-0.39, 0.29) is 18.0 Å². The van der Waals surface area contributed by atoms with E-state index < -0.39 is 12.0 Å². The van der Waals surface area contributed by atoms with E-state index in [0.717, 1.165) is 11.1 Å². The van der Waals surface area contributed by atoms with Crippen LogP contribution in [0, 0.1) is 18.3 Å². The van der Waals surface area contributed by atoms with Crippen LogP contribution >= 0.6 is 0 Å². The molecule has 29 heavy (non-hydrogen) atoms. The van der Waals surface area contributed by atoms with Crippen LogP contribution in [0.15, 0.2) is 24.3 Å². The number of hydrogen-bond acceptors (Lipinski definition) is 6. The Labute approximate surface area is 168 Å². The lowest BCUT2D eigenvalue weighted by Crippen LogP contribution is -2.41. The van der Waals surface area contributed by atoms with Gasteiger partial charge in [0.1, 0.15) is 11.8 Å². The maximum Gasteiger partial charge on any atom is 0.305 e. The monoisotopic (exact) mass is 395 g/mol. The summed E-state index contributed by atoms with van der Waals surface area (Å²) in [6.07, 6.45) is 0.302. The highest BCUT2D eigenvalue weighted by Crippen LogP contribution is 2.39. The number of carboxylic acid groups (broad SMARTS) is 1. The van der Waals surface area contributed by atoms with Gasteiger partial charge in [-0.05, 0) is 48.7 Å². The molecule has 1 atom stereocenters. The zero-order valence-corrected chi connectivity index (χ0v) is 16.4. The number of benzene rings is 1. The van der Waals surface area contributed by atoms with E-state index in [1.54, 1.807) is 19.1 Å². The molecule has 3 rings (SSSR count). The fourth-order valence-electron chi connectivity index (χ4n) is 3.60. The molecule has 0 saturated carbocycles. The molecule has 1 aromatic heterocycles. The van der Waals surface area contributed by atoms with Gasteiger partial charge in [-0.2, -0.15) is 5.26 Å². The number of hydrogen-bond donors (Lipinski definition) is 1. The van der Waals surface area contributed by atoms with Crippen LogP contribution in [0.25, 0.3) is 0 Å². The predicted octanol–water partition coefficient (Wildman–Crippen LogP) is 2.49. The number of carbonyl (C=O) groups excluding carboxylic acids is 1. The first-order valence-corrected chi connectivity index (χ1v) is 9.04. The van der Waals surface area contributed by atoms with E-state index in [9.17, 15) is 14.7 Å². The molecular formula is C21H21N3O5. The molecule has 0 bridgehead atoms. The fourth-order valence-corrected chi connectivity index (χ4v) is 3.60. The van der Waals surface area contributed by atoms with Crippen LogP contribution < -0.4 is 9.47 Å². The lowest BCUT2D eigenvalue weighted by molar-refractivity contribution is -0.138. The quantitative estimate of drug-likeness (QED) is 0.827. The first-order valence-electron chi connectivity index (χ1n) is 9.04. The van der Waals surface area contributed by atoms with Gasteiger partial charge in [-0.1, -0.05) is 0 Å². The summed E-state index contributed by atoms with van der Waals surface area (Å²) in [6, 6.07) is 7.96. The molecule has 1 amide bonds. The van der Waals surface area contributed by atoms with Gasteiger partial charge in [0.2, 0.25) is 0 Å². The molecule has 1 aliphatic rings. The Morgan fingerprint density at radius 3 is 2.55 bits per heavy atom. The number of carboxylic acids is 1. The summed E-state index contributed by atoms with van der Waals surface area (Å²) in [5.41, 5.74) is 2.67. The average Bonchev–Trinajstić information content (AvgIpc) is 2.72. The minimum absolute atomic E-state index is 0.181. The SMILES string of the molecule is COc1cc2c(cc1OC)C(CC(=O)O)N(C(=O)c1ccc(C#N)c(C)n1)CC2. The van der Waals surface area contributed by atoms with Crippen molar-refractivity contribution < 1.29 is 24.2 Å². The van der Waals surface area contributed by atoms with Crippen molar-refractivity contribution in [2.24, 2.45) is 0 Å². The van der Waals surface area contributed by atoms with Crippen molar-refractivity contribution >= 4 is 11.9 Å². The standard InChI is InChI=1S/C21H21N3O5/c1-12-14(11-22)4-5-16(23-12)21(27)24-7-6-13-8-18(28-2)19(29-3)9-15(13)17(24)10-20(25)26/h4-5,8-9,17H,6-7,10H2,1-3H3,(H,25,26). The number of nitriles is 1. The molecule has 150 valence electrons. The highest BCUT2D eigenvalue weighted by atomic mass is 16.5. The van der Waals surface area contributed by atoms with Gasteiger partial charge in [0.05, 0.1) is 37.9 Å².